The van der Waals surface area contributed by atoms with Gasteiger partial charge in [0.15, 0.2) is 0 Å². The number of hydrogen-bond donors (Lipinski definition) is 0. The van der Waals surface area contributed by atoms with Gasteiger partial charge in [-0.2, -0.15) is 0 Å². The van der Waals surface area contributed by atoms with Crippen molar-refractivity contribution in [1.29, 1.82) is 0 Å². The Morgan fingerprint density at radius 3 is 1.54 bits per heavy atom. The summed E-state index contributed by atoms with van der Waals surface area (Å²) in [5, 5.41) is 0. The van der Waals surface area contributed by atoms with Gasteiger partial charge < -0.3 is 4.90 Å². The third-order valence-electron chi connectivity index (χ3n) is 9.37. The molecule has 0 spiro atoms. The van der Waals surface area contributed by atoms with Crippen molar-refractivity contribution in [3.05, 3.63) is 211 Å². The summed E-state index contributed by atoms with van der Waals surface area (Å²) in [5.74, 6) is 0.873. The van der Waals surface area contributed by atoms with Crippen LogP contribution in [-0.2, 0) is 5.54 Å². The lowest BCUT2D eigenvalue weighted by atomic mass is 9.73. The van der Waals surface area contributed by atoms with E-state index in [0.717, 1.165) is 62.1 Å². The predicted molar refractivity (Wildman–Crippen MR) is 197 cm³/mol. The average Bonchev–Trinajstić information content (AvgIpc) is 3.55. The van der Waals surface area contributed by atoms with Crippen LogP contribution in [-0.4, -0.2) is 9.55 Å². The lowest BCUT2D eigenvalue weighted by Gasteiger charge is -2.50. The Balaban J connectivity index is 1.45. The van der Waals surface area contributed by atoms with Crippen LogP contribution in [0.1, 0.15) is 16.7 Å². The highest BCUT2D eigenvalue weighted by Crippen LogP contribution is 2.55. The Bertz CT molecular complexity index is 2260. The second kappa shape index (κ2) is 11.4. The number of anilines is 5. The minimum atomic E-state index is -0.772. The fourth-order valence-corrected chi connectivity index (χ4v) is 7.40. The van der Waals surface area contributed by atoms with Gasteiger partial charge in [0.2, 0.25) is 5.95 Å². The molecule has 4 nitrogen and oxygen atoms in total. The number of aromatic nitrogens is 2. The lowest BCUT2D eigenvalue weighted by molar-refractivity contribution is 0.589. The number of rotatable bonds is 6. The summed E-state index contributed by atoms with van der Waals surface area (Å²) in [7, 11) is 0. The fraction of sp³-hybridized carbons (Fsp3) is 0.0227. The second-order valence-corrected chi connectivity index (χ2v) is 12.1. The van der Waals surface area contributed by atoms with E-state index in [1.54, 1.807) is 0 Å². The molecule has 7 aromatic carbocycles. The summed E-state index contributed by atoms with van der Waals surface area (Å²) in [4.78, 5) is 10.2. The maximum Gasteiger partial charge on any atom is 0.217 e. The Morgan fingerprint density at radius 1 is 0.458 bits per heavy atom. The topological polar surface area (TPSA) is 24.3 Å². The molecule has 0 unspecified atom stereocenters. The van der Waals surface area contributed by atoms with Crippen LogP contribution in [0, 0.1) is 0 Å². The van der Waals surface area contributed by atoms with E-state index in [1.807, 2.05) is 0 Å². The van der Waals surface area contributed by atoms with Gasteiger partial charge in [0, 0.05) is 28.3 Å². The fourth-order valence-electron chi connectivity index (χ4n) is 7.40. The molecule has 4 heteroatoms. The van der Waals surface area contributed by atoms with Crippen molar-refractivity contribution in [2.45, 2.75) is 5.54 Å². The monoisotopic (exact) mass is 616 g/mol. The Labute approximate surface area is 280 Å². The van der Waals surface area contributed by atoms with E-state index >= 15 is 0 Å². The van der Waals surface area contributed by atoms with E-state index in [9.17, 15) is 0 Å². The van der Waals surface area contributed by atoms with Gasteiger partial charge in [0.1, 0.15) is 5.54 Å². The van der Waals surface area contributed by atoms with Crippen LogP contribution in [0.5, 0.6) is 0 Å². The number of imidazole rings is 1. The van der Waals surface area contributed by atoms with E-state index < -0.39 is 5.54 Å². The van der Waals surface area contributed by atoms with Crippen LogP contribution in [0.3, 0.4) is 0 Å². The largest absolute Gasteiger partial charge is 0.310 e. The van der Waals surface area contributed by atoms with Crippen molar-refractivity contribution in [3.63, 3.8) is 0 Å². The van der Waals surface area contributed by atoms with E-state index in [0.29, 0.717) is 0 Å². The molecule has 228 valence electrons. The van der Waals surface area contributed by atoms with Crippen molar-refractivity contribution in [1.82, 2.24) is 9.55 Å². The summed E-state index contributed by atoms with van der Waals surface area (Å²) < 4.78 is 2.33. The first-order valence-corrected chi connectivity index (χ1v) is 16.3. The number of hydrogen-bond acceptors (Lipinski definition) is 3. The number of benzene rings is 7. The van der Waals surface area contributed by atoms with Crippen LogP contribution < -0.4 is 9.80 Å². The highest BCUT2D eigenvalue weighted by atomic mass is 15.4. The maximum atomic E-state index is 5.39. The smallest absolute Gasteiger partial charge is 0.217 e. The highest BCUT2D eigenvalue weighted by molar-refractivity contribution is 5.89. The summed E-state index contributed by atoms with van der Waals surface area (Å²) >= 11 is 0. The van der Waals surface area contributed by atoms with E-state index in [4.69, 9.17) is 4.98 Å². The molecule has 8 aromatic rings. The average molecular weight is 617 g/mol. The molecule has 0 N–H and O–H groups in total. The molecule has 0 saturated heterocycles. The van der Waals surface area contributed by atoms with Gasteiger partial charge in [-0.05, 0) is 77.9 Å². The molecule has 0 saturated carbocycles. The van der Waals surface area contributed by atoms with Crippen molar-refractivity contribution < 1.29 is 0 Å². The quantitative estimate of drug-likeness (QED) is 0.186. The minimum Gasteiger partial charge on any atom is -0.310 e. The summed E-state index contributed by atoms with van der Waals surface area (Å²) in [5.41, 5.74) is 10.1. The van der Waals surface area contributed by atoms with E-state index in [2.05, 4.69) is 208 Å². The second-order valence-electron chi connectivity index (χ2n) is 12.1. The molecule has 0 radical (unpaired) electrons. The van der Waals surface area contributed by atoms with Crippen LogP contribution in [0.25, 0.3) is 16.7 Å². The molecule has 48 heavy (non-hydrogen) atoms. The molecular weight excluding hydrogens is 585 g/mol. The molecular formula is C44H32N4. The highest BCUT2D eigenvalue weighted by Gasteiger charge is 2.50. The molecule has 2 heterocycles. The summed E-state index contributed by atoms with van der Waals surface area (Å²) in [6.07, 6.45) is 0. The van der Waals surface area contributed by atoms with Gasteiger partial charge in [-0.3, -0.25) is 9.47 Å². The van der Waals surface area contributed by atoms with Crippen molar-refractivity contribution in [3.8, 4) is 5.69 Å². The molecule has 0 fully saturated rings. The standard InChI is InChI=1S/C44H32N4/c1-6-18-33(19-7-1)44(34-20-8-2-9-21-34)39-32-38(46(35-22-10-3-11-23-35)36-24-12-4-13-25-36)30-31-41(39)47-42-29-17-16-28-40(42)45-43(47)48(44)37-26-14-5-15-27-37/h1-32H. The first-order valence-electron chi connectivity index (χ1n) is 16.3. The summed E-state index contributed by atoms with van der Waals surface area (Å²) in [6.45, 7) is 0. The zero-order valence-corrected chi connectivity index (χ0v) is 26.3. The first-order chi connectivity index (χ1) is 23.8. The van der Waals surface area contributed by atoms with Crippen molar-refractivity contribution >= 4 is 39.7 Å². The third-order valence-corrected chi connectivity index (χ3v) is 9.37. The number of fused-ring (bicyclic) bond motifs is 5. The third kappa shape index (κ3) is 4.27. The normalized spacial score (nSPS) is 13.1. The lowest BCUT2D eigenvalue weighted by Crippen LogP contribution is -2.49. The Morgan fingerprint density at radius 2 is 0.958 bits per heavy atom. The van der Waals surface area contributed by atoms with Crippen LogP contribution >= 0.6 is 0 Å². The molecule has 1 aliphatic rings. The van der Waals surface area contributed by atoms with Crippen LogP contribution in [0.15, 0.2) is 194 Å². The molecule has 9 rings (SSSR count). The molecule has 0 atom stereocenters. The Kier molecular flexibility index (Phi) is 6.65. The predicted octanol–water partition coefficient (Wildman–Crippen LogP) is 10.9. The van der Waals surface area contributed by atoms with Crippen LogP contribution in [0.4, 0.5) is 28.7 Å². The zero-order valence-electron chi connectivity index (χ0n) is 26.3. The van der Waals surface area contributed by atoms with Gasteiger partial charge in [0.25, 0.3) is 0 Å². The zero-order chi connectivity index (χ0) is 31.9. The van der Waals surface area contributed by atoms with Crippen LogP contribution in [0.2, 0.25) is 0 Å². The summed E-state index contributed by atoms with van der Waals surface area (Å²) in [6, 6.07) is 69.1. The molecule has 0 aliphatic carbocycles. The molecule has 1 aliphatic heterocycles. The van der Waals surface area contributed by atoms with Gasteiger partial charge in [-0.25, -0.2) is 4.98 Å². The minimum absolute atomic E-state index is 0.772. The van der Waals surface area contributed by atoms with Gasteiger partial charge in [-0.15, -0.1) is 0 Å². The molecule has 0 amide bonds. The van der Waals surface area contributed by atoms with Crippen molar-refractivity contribution in [2.75, 3.05) is 9.80 Å². The molecule has 1 aromatic heterocycles. The number of nitrogens with zero attached hydrogens (tertiary/aromatic N) is 4. The first kappa shape index (κ1) is 27.9. The number of para-hydroxylation sites is 5. The van der Waals surface area contributed by atoms with E-state index in [-0.39, 0.29) is 0 Å². The van der Waals surface area contributed by atoms with Crippen molar-refractivity contribution in [2.24, 2.45) is 0 Å². The Hall–Kier alpha value is -6.39. The molecule has 0 bridgehead atoms. The maximum absolute atomic E-state index is 5.39. The SMILES string of the molecule is c1ccc(N(c2ccccc2)c2ccc3c(c2)C(c2ccccc2)(c2ccccc2)N(c2ccccc2)c2nc4ccccc4n2-3)cc1. The van der Waals surface area contributed by atoms with Gasteiger partial charge in [-0.1, -0.05) is 127 Å². The van der Waals surface area contributed by atoms with E-state index in [1.165, 1.54) is 0 Å². The van der Waals surface area contributed by atoms with Gasteiger partial charge >= 0.3 is 0 Å². The van der Waals surface area contributed by atoms with Gasteiger partial charge in [0.05, 0.1) is 16.7 Å².